The number of hydrogen-bond acceptors (Lipinski definition) is 6. The van der Waals surface area contributed by atoms with E-state index in [4.69, 9.17) is 0 Å². The van der Waals surface area contributed by atoms with E-state index in [1.54, 1.807) is 24.2 Å². The van der Waals surface area contributed by atoms with E-state index in [0.29, 0.717) is 5.75 Å². The van der Waals surface area contributed by atoms with E-state index in [1.165, 1.54) is 17.3 Å². The first-order chi connectivity index (χ1) is 12.7. The lowest BCUT2D eigenvalue weighted by Crippen LogP contribution is -2.49. The Morgan fingerprint density at radius 3 is 2.54 bits per heavy atom. The smallest absolute Gasteiger partial charge is 0.233 e. The van der Waals surface area contributed by atoms with Crippen LogP contribution in [0.5, 0.6) is 0 Å². The van der Waals surface area contributed by atoms with Crippen molar-refractivity contribution in [1.82, 2.24) is 19.8 Å². The van der Waals surface area contributed by atoms with Gasteiger partial charge in [-0.05, 0) is 25.6 Å². The Morgan fingerprint density at radius 2 is 1.85 bits per heavy atom. The highest BCUT2D eigenvalue weighted by molar-refractivity contribution is 8.02. The maximum Gasteiger partial charge on any atom is 0.233 e. The molecule has 1 aromatic carbocycles. The van der Waals surface area contributed by atoms with Gasteiger partial charge in [0.1, 0.15) is 10.1 Å². The highest BCUT2D eigenvalue weighted by atomic mass is 32.2. The minimum atomic E-state index is 0.183. The third-order valence-corrected chi connectivity index (χ3v) is 6.42. The number of benzene rings is 1. The van der Waals surface area contributed by atoms with E-state index in [1.807, 2.05) is 11.0 Å². The molecule has 0 bridgehead atoms. The summed E-state index contributed by atoms with van der Waals surface area (Å²) in [5.41, 5.74) is 1.22. The summed E-state index contributed by atoms with van der Waals surface area (Å²) in [5, 5.41) is 1.67. The predicted octanol–water partition coefficient (Wildman–Crippen LogP) is 3.19. The number of aryl methyl sites for hydroxylation is 1. The Morgan fingerprint density at radius 1 is 1.12 bits per heavy atom. The summed E-state index contributed by atoms with van der Waals surface area (Å²) in [6.07, 6.45) is 3.39. The van der Waals surface area contributed by atoms with Crippen LogP contribution in [0.3, 0.4) is 0 Å². The number of aromatic nitrogens is 2. The highest BCUT2D eigenvalue weighted by Gasteiger charge is 2.20. The van der Waals surface area contributed by atoms with Gasteiger partial charge in [0.25, 0.3) is 0 Å². The summed E-state index contributed by atoms with van der Waals surface area (Å²) >= 11 is 3.07. The first-order valence-electron chi connectivity index (χ1n) is 8.84. The van der Waals surface area contributed by atoms with Gasteiger partial charge in [-0.15, -0.1) is 0 Å². The number of hydrogen-bond donors (Lipinski definition) is 0. The van der Waals surface area contributed by atoms with Crippen LogP contribution in [0.2, 0.25) is 0 Å². The summed E-state index contributed by atoms with van der Waals surface area (Å²) in [4.78, 5) is 26.9. The fourth-order valence-electron chi connectivity index (χ4n) is 2.81. The molecule has 5 nitrogen and oxygen atoms in total. The van der Waals surface area contributed by atoms with Crippen molar-refractivity contribution in [2.24, 2.45) is 0 Å². The summed E-state index contributed by atoms with van der Waals surface area (Å²) in [7, 11) is 0. The lowest BCUT2D eigenvalue weighted by molar-refractivity contribution is -0.130. The first kappa shape index (κ1) is 19.2. The van der Waals surface area contributed by atoms with Crippen LogP contribution in [0.1, 0.15) is 12.5 Å². The topological polar surface area (TPSA) is 49.3 Å². The van der Waals surface area contributed by atoms with E-state index in [2.05, 4.69) is 46.9 Å². The van der Waals surface area contributed by atoms with Crippen LogP contribution in [-0.4, -0.2) is 64.2 Å². The molecule has 26 heavy (non-hydrogen) atoms. The average Bonchev–Trinajstić information content (AvgIpc) is 2.67. The van der Waals surface area contributed by atoms with Gasteiger partial charge in [0.05, 0.1) is 5.75 Å². The van der Waals surface area contributed by atoms with Crippen LogP contribution < -0.4 is 0 Å². The van der Waals surface area contributed by atoms with Crippen molar-refractivity contribution in [2.45, 2.75) is 28.8 Å². The molecule has 1 saturated heterocycles. The second-order valence-electron chi connectivity index (χ2n) is 6.19. The minimum absolute atomic E-state index is 0.183. The van der Waals surface area contributed by atoms with Crippen molar-refractivity contribution in [1.29, 1.82) is 0 Å². The lowest BCUT2D eigenvalue weighted by Gasteiger charge is -2.34. The summed E-state index contributed by atoms with van der Waals surface area (Å²) in [6, 6.07) is 8.32. The molecule has 0 aliphatic carbocycles. The van der Waals surface area contributed by atoms with E-state index in [0.717, 1.165) is 47.7 Å². The molecule has 1 aromatic heterocycles. The quantitative estimate of drug-likeness (QED) is 0.709. The van der Waals surface area contributed by atoms with Crippen LogP contribution in [-0.2, 0) is 4.79 Å². The Labute approximate surface area is 163 Å². The van der Waals surface area contributed by atoms with Crippen molar-refractivity contribution in [3.05, 3.63) is 42.2 Å². The van der Waals surface area contributed by atoms with Gasteiger partial charge in [0.2, 0.25) is 5.91 Å². The number of amides is 1. The van der Waals surface area contributed by atoms with Crippen LogP contribution >= 0.6 is 23.5 Å². The number of carbonyl (C=O) groups is 1. The van der Waals surface area contributed by atoms with Crippen LogP contribution in [0.15, 0.2) is 51.6 Å². The van der Waals surface area contributed by atoms with Crippen molar-refractivity contribution in [3.8, 4) is 0 Å². The normalized spacial score (nSPS) is 15.2. The van der Waals surface area contributed by atoms with E-state index in [9.17, 15) is 4.79 Å². The molecule has 0 N–H and O–H groups in total. The zero-order valence-electron chi connectivity index (χ0n) is 15.2. The van der Waals surface area contributed by atoms with Gasteiger partial charge < -0.3 is 9.80 Å². The standard InChI is InChI=1S/C19H24N4OS2/c1-3-22-9-11-23(12-10-22)17(24)14-25-18-19(21-8-7-20-18)26-16-6-4-5-15(2)13-16/h4-8,13H,3,9-12,14H2,1-2H3. The average molecular weight is 389 g/mol. The van der Waals surface area contributed by atoms with Gasteiger partial charge in [0.15, 0.2) is 0 Å². The first-order valence-corrected chi connectivity index (χ1v) is 10.6. The molecule has 1 aliphatic heterocycles. The molecular formula is C19H24N4OS2. The molecule has 2 heterocycles. The Hall–Kier alpha value is -1.57. The van der Waals surface area contributed by atoms with Crippen LogP contribution in [0, 0.1) is 6.92 Å². The fraction of sp³-hybridized carbons (Fsp3) is 0.421. The number of piperazine rings is 1. The van der Waals surface area contributed by atoms with Gasteiger partial charge in [-0.1, -0.05) is 48.1 Å². The largest absolute Gasteiger partial charge is 0.339 e. The molecule has 1 aliphatic rings. The number of rotatable bonds is 6. The highest BCUT2D eigenvalue weighted by Crippen LogP contribution is 2.32. The Kier molecular flexibility index (Phi) is 6.93. The van der Waals surface area contributed by atoms with E-state index >= 15 is 0 Å². The number of likely N-dealkylation sites (N-methyl/N-ethyl adjacent to an activating group) is 1. The molecule has 2 aromatic rings. The van der Waals surface area contributed by atoms with Gasteiger partial charge in [-0.25, -0.2) is 9.97 Å². The third-order valence-electron chi connectivity index (χ3n) is 4.34. The van der Waals surface area contributed by atoms with Crippen LogP contribution in [0.4, 0.5) is 0 Å². The zero-order valence-corrected chi connectivity index (χ0v) is 16.9. The Bertz CT molecular complexity index is 748. The van der Waals surface area contributed by atoms with Gasteiger partial charge in [-0.2, -0.15) is 0 Å². The van der Waals surface area contributed by atoms with Crippen molar-refractivity contribution >= 4 is 29.4 Å². The molecule has 1 amide bonds. The maximum absolute atomic E-state index is 12.5. The second-order valence-corrected chi connectivity index (χ2v) is 8.22. The molecule has 0 spiro atoms. The molecule has 1 fully saturated rings. The third kappa shape index (κ3) is 5.22. The monoisotopic (exact) mass is 388 g/mol. The zero-order chi connectivity index (χ0) is 18.4. The van der Waals surface area contributed by atoms with Gasteiger partial charge in [0, 0.05) is 43.5 Å². The summed E-state index contributed by atoms with van der Waals surface area (Å²) in [6.45, 7) is 8.86. The molecule has 0 saturated carbocycles. The predicted molar refractivity (Wildman–Crippen MR) is 107 cm³/mol. The molecule has 3 rings (SSSR count). The van der Waals surface area contributed by atoms with E-state index < -0.39 is 0 Å². The molecule has 7 heteroatoms. The van der Waals surface area contributed by atoms with Crippen molar-refractivity contribution in [3.63, 3.8) is 0 Å². The molecule has 0 unspecified atom stereocenters. The van der Waals surface area contributed by atoms with Crippen LogP contribution in [0.25, 0.3) is 0 Å². The summed E-state index contributed by atoms with van der Waals surface area (Å²) in [5.74, 6) is 0.592. The molecule has 138 valence electrons. The summed E-state index contributed by atoms with van der Waals surface area (Å²) < 4.78 is 0. The Balaban J connectivity index is 1.59. The minimum Gasteiger partial charge on any atom is -0.339 e. The van der Waals surface area contributed by atoms with Crippen molar-refractivity contribution in [2.75, 3.05) is 38.5 Å². The number of carbonyl (C=O) groups excluding carboxylic acids is 1. The second kappa shape index (κ2) is 9.39. The van der Waals surface area contributed by atoms with E-state index in [-0.39, 0.29) is 5.91 Å². The molecule has 0 atom stereocenters. The SMILES string of the molecule is CCN1CCN(C(=O)CSc2nccnc2Sc2cccc(C)c2)CC1. The number of nitrogens with zero attached hydrogens (tertiary/aromatic N) is 4. The van der Waals surface area contributed by atoms with Crippen molar-refractivity contribution < 1.29 is 4.79 Å². The fourth-order valence-corrected chi connectivity index (χ4v) is 4.73. The molecular weight excluding hydrogens is 364 g/mol. The lowest BCUT2D eigenvalue weighted by atomic mass is 10.2. The van der Waals surface area contributed by atoms with Gasteiger partial charge in [-0.3, -0.25) is 4.79 Å². The maximum atomic E-state index is 12.5. The number of thioether (sulfide) groups is 1. The molecule has 0 radical (unpaired) electrons. The van der Waals surface area contributed by atoms with Gasteiger partial charge >= 0.3 is 0 Å².